The Morgan fingerprint density at radius 1 is 1.35 bits per heavy atom. The maximum absolute atomic E-state index is 11.8. The van der Waals surface area contributed by atoms with E-state index >= 15 is 0 Å². The molecule has 1 aromatic rings. The van der Waals surface area contributed by atoms with Crippen molar-refractivity contribution in [3.8, 4) is 0 Å². The summed E-state index contributed by atoms with van der Waals surface area (Å²) in [6, 6.07) is 3.53. The molecule has 0 aliphatic heterocycles. The van der Waals surface area contributed by atoms with Gasteiger partial charge in [0.1, 0.15) is 0 Å². The minimum atomic E-state index is -3.41. The number of carbonyl (C=O) groups excluding carboxylic acids is 1. The average molecular weight is 299 g/mol. The van der Waals surface area contributed by atoms with Gasteiger partial charge < -0.3 is 5.32 Å². The highest BCUT2D eigenvalue weighted by atomic mass is 32.2. The van der Waals surface area contributed by atoms with Gasteiger partial charge >= 0.3 is 0 Å². The van der Waals surface area contributed by atoms with E-state index in [-0.39, 0.29) is 24.7 Å². The molecule has 7 heteroatoms. The molecule has 0 saturated carbocycles. The smallest absolute Gasteiger partial charge is 0.225 e. The molecule has 20 heavy (non-hydrogen) atoms. The Kier molecular flexibility index (Phi) is 5.64. The number of amides is 1. The molecule has 112 valence electrons. The van der Waals surface area contributed by atoms with E-state index in [1.807, 2.05) is 0 Å². The summed E-state index contributed by atoms with van der Waals surface area (Å²) in [6.45, 7) is 5.62. The molecule has 0 aliphatic carbocycles. The molecule has 0 saturated heterocycles. The fourth-order valence-electron chi connectivity index (χ4n) is 1.33. The third kappa shape index (κ3) is 6.12. The largest absolute Gasteiger partial charge is 0.355 e. The Labute approximate surface area is 120 Å². The van der Waals surface area contributed by atoms with E-state index in [1.54, 1.807) is 45.3 Å². The topological polar surface area (TPSA) is 88.2 Å². The summed E-state index contributed by atoms with van der Waals surface area (Å²) in [5, 5.41) is 2.61. The summed E-state index contributed by atoms with van der Waals surface area (Å²) in [7, 11) is -3.41. The van der Waals surface area contributed by atoms with Crippen molar-refractivity contribution >= 4 is 15.9 Å². The van der Waals surface area contributed by atoms with E-state index in [4.69, 9.17) is 0 Å². The number of nitrogens with zero attached hydrogens (tertiary/aromatic N) is 1. The summed E-state index contributed by atoms with van der Waals surface area (Å²) < 4.78 is 26.0. The number of aromatic nitrogens is 1. The van der Waals surface area contributed by atoms with Crippen LogP contribution in [0, 0.1) is 5.41 Å². The molecule has 2 N–H and O–H groups in total. The van der Waals surface area contributed by atoms with Crippen LogP contribution in [-0.2, 0) is 21.4 Å². The first-order valence-electron chi connectivity index (χ1n) is 6.35. The van der Waals surface area contributed by atoms with Gasteiger partial charge in [-0.2, -0.15) is 0 Å². The van der Waals surface area contributed by atoms with Crippen LogP contribution in [-0.4, -0.2) is 31.6 Å². The number of sulfonamides is 1. The van der Waals surface area contributed by atoms with Crippen molar-refractivity contribution in [3.05, 3.63) is 30.1 Å². The zero-order chi connectivity index (χ0) is 15.2. The van der Waals surface area contributed by atoms with Gasteiger partial charge in [-0.25, -0.2) is 13.1 Å². The van der Waals surface area contributed by atoms with Crippen molar-refractivity contribution in [2.24, 2.45) is 5.41 Å². The molecule has 1 rings (SSSR count). The van der Waals surface area contributed by atoms with Crippen LogP contribution in [0.2, 0.25) is 0 Å². The monoisotopic (exact) mass is 299 g/mol. The highest BCUT2D eigenvalue weighted by Crippen LogP contribution is 2.11. The van der Waals surface area contributed by atoms with Crippen molar-refractivity contribution in [1.29, 1.82) is 0 Å². The Hall–Kier alpha value is -1.47. The summed E-state index contributed by atoms with van der Waals surface area (Å²) in [6.07, 6.45) is 3.23. The number of pyridine rings is 1. The first-order valence-corrected chi connectivity index (χ1v) is 8.00. The molecule has 0 spiro atoms. The minimum absolute atomic E-state index is 0.0957. The van der Waals surface area contributed by atoms with E-state index in [0.717, 1.165) is 5.56 Å². The first kappa shape index (κ1) is 16.6. The lowest BCUT2D eigenvalue weighted by Gasteiger charge is -2.17. The molecular formula is C13H21N3O3S. The molecule has 1 heterocycles. The predicted octanol–water partition coefficient (Wildman–Crippen LogP) is 0.663. The van der Waals surface area contributed by atoms with Gasteiger partial charge in [-0.1, -0.05) is 26.8 Å². The number of nitrogens with one attached hydrogen (secondary N) is 2. The van der Waals surface area contributed by atoms with Crippen molar-refractivity contribution in [3.63, 3.8) is 0 Å². The van der Waals surface area contributed by atoms with Gasteiger partial charge in [0.2, 0.25) is 15.9 Å². The van der Waals surface area contributed by atoms with Crippen molar-refractivity contribution in [2.75, 3.05) is 12.3 Å². The molecule has 0 bridgehead atoms. The lowest BCUT2D eigenvalue weighted by Crippen LogP contribution is -2.39. The zero-order valence-corrected chi connectivity index (χ0v) is 12.8. The Bertz CT molecular complexity index is 536. The standard InChI is InChI=1S/C13H21N3O3S/c1-13(2,3)12(17)15-7-8-20(18,19)16-10-11-5-4-6-14-9-11/h4-6,9,16H,7-8,10H2,1-3H3,(H,15,17). The second-order valence-electron chi connectivity index (χ2n) is 5.51. The lowest BCUT2D eigenvalue weighted by molar-refractivity contribution is -0.128. The Morgan fingerprint density at radius 2 is 2.05 bits per heavy atom. The van der Waals surface area contributed by atoms with Gasteiger partial charge in [-0.05, 0) is 11.6 Å². The maximum Gasteiger partial charge on any atom is 0.225 e. The van der Waals surface area contributed by atoms with Crippen LogP contribution >= 0.6 is 0 Å². The molecule has 1 aromatic heterocycles. The molecule has 0 radical (unpaired) electrons. The second kappa shape index (κ2) is 6.81. The summed E-state index contributed by atoms with van der Waals surface area (Å²) >= 11 is 0. The SMILES string of the molecule is CC(C)(C)C(=O)NCCS(=O)(=O)NCc1cccnc1. The Morgan fingerprint density at radius 3 is 2.60 bits per heavy atom. The number of rotatable bonds is 6. The molecule has 0 aromatic carbocycles. The van der Waals surface area contributed by atoms with Crippen molar-refractivity contribution in [2.45, 2.75) is 27.3 Å². The highest BCUT2D eigenvalue weighted by Gasteiger charge is 2.21. The van der Waals surface area contributed by atoms with Crippen LogP contribution in [0.4, 0.5) is 0 Å². The predicted molar refractivity (Wildman–Crippen MR) is 77.3 cm³/mol. The van der Waals surface area contributed by atoms with E-state index < -0.39 is 15.4 Å². The van der Waals surface area contributed by atoms with Crippen LogP contribution in [0.5, 0.6) is 0 Å². The van der Waals surface area contributed by atoms with E-state index in [2.05, 4.69) is 15.0 Å². The van der Waals surface area contributed by atoms with Crippen LogP contribution in [0.3, 0.4) is 0 Å². The van der Waals surface area contributed by atoms with Gasteiger partial charge in [0.25, 0.3) is 0 Å². The van der Waals surface area contributed by atoms with Crippen molar-refractivity contribution in [1.82, 2.24) is 15.0 Å². The van der Waals surface area contributed by atoms with E-state index in [0.29, 0.717) is 0 Å². The normalized spacial score (nSPS) is 12.2. The van der Waals surface area contributed by atoms with Crippen LogP contribution in [0.25, 0.3) is 0 Å². The average Bonchev–Trinajstić information content (AvgIpc) is 2.36. The fourth-order valence-corrected chi connectivity index (χ4v) is 2.23. The maximum atomic E-state index is 11.8. The third-order valence-electron chi connectivity index (χ3n) is 2.56. The number of carbonyl (C=O) groups is 1. The molecular weight excluding hydrogens is 278 g/mol. The van der Waals surface area contributed by atoms with Crippen LogP contribution in [0.1, 0.15) is 26.3 Å². The van der Waals surface area contributed by atoms with Gasteiger partial charge in [0.05, 0.1) is 5.75 Å². The van der Waals surface area contributed by atoms with Gasteiger partial charge in [-0.15, -0.1) is 0 Å². The third-order valence-corrected chi connectivity index (χ3v) is 3.88. The molecule has 0 atom stereocenters. The zero-order valence-electron chi connectivity index (χ0n) is 12.0. The lowest BCUT2D eigenvalue weighted by atomic mass is 9.96. The second-order valence-corrected chi connectivity index (χ2v) is 7.43. The number of hydrogen-bond donors (Lipinski definition) is 2. The summed E-state index contributed by atoms with van der Waals surface area (Å²) in [5.74, 6) is -0.310. The summed E-state index contributed by atoms with van der Waals surface area (Å²) in [4.78, 5) is 15.5. The molecule has 0 fully saturated rings. The van der Waals surface area contributed by atoms with Crippen LogP contribution in [0.15, 0.2) is 24.5 Å². The Balaban J connectivity index is 2.37. The van der Waals surface area contributed by atoms with Gasteiger partial charge in [0.15, 0.2) is 0 Å². The highest BCUT2D eigenvalue weighted by molar-refractivity contribution is 7.89. The molecule has 0 unspecified atom stereocenters. The number of hydrogen-bond acceptors (Lipinski definition) is 4. The first-order chi connectivity index (χ1) is 9.21. The molecule has 1 amide bonds. The quantitative estimate of drug-likeness (QED) is 0.808. The van der Waals surface area contributed by atoms with Crippen molar-refractivity contribution < 1.29 is 13.2 Å². The fraction of sp³-hybridized carbons (Fsp3) is 0.538. The molecule has 0 aliphatic rings. The van der Waals surface area contributed by atoms with E-state index in [1.165, 1.54) is 0 Å². The summed E-state index contributed by atoms with van der Waals surface area (Å²) in [5.41, 5.74) is 0.266. The van der Waals surface area contributed by atoms with Crippen LogP contribution < -0.4 is 10.0 Å². The van der Waals surface area contributed by atoms with E-state index in [9.17, 15) is 13.2 Å². The minimum Gasteiger partial charge on any atom is -0.355 e. The van der Waals surface area contributed by atoms with Gasteiger partial charge in [-0.3, -0.25) is 9.78 Å². The molecule has 6 nitrogen and oxygen atoms in total. The van der Waals surface area contributed by atoms with Gasteiger partial charge in [0, 0.05) is 30.9 Å².